The molecule has 5 heteroatoms. The smallest absolute Gasteiger partial charge is 0.225 e. The van der Waals surface area contributed by atoms with Crippen molar-refractivity contribution in [3.05, 3.63) is 42.5 Å². The summed E-state index contributed by atoms with van der Waals surface area (Å²) in [5.41, 5.74) is 1.24. The SMILES string of the molecule is c1cnc(N2CCC(NCc3ccc[nH]3)CC2)nc1. The molecule has 0 atom stereocenters. The monoisotopic (exact) mass is 257 g/mol. The van der Waals surface area contributed by atoms with Crippen LogP contribution in [0.15, 0.2) is 36.8 Å². The predicted molar refractivity (Wildman–Crippen MR) is 74.9 cm³/mol. The quantitative estimate of drug-likeness (QED) is 0.873. The average Bonchev–Trinajstić information content (AvgIpc) is 3.00. The molecule has 19 heavy (non-hydrogen) atoms. The number of aromatic nitrogens is 3. The lowest BCUT2D eigenvalue weighted by molar-refractivity contribution is 0.409. The zero-order valence-electron chi connectivity index (χ0n) is 10.9. The van der Waals surface area contributed by atoms with Crippen LogP contribution < -0.4 is 10.2 Å². The summed E-state index contributed by atoms with van der Waals surface area (Å²) < 4.78 is 0. The van der Waals surface area contributed by atoms with Crippen LogP contribution in [0.4, 0.5) is 5.95 Å². The summed E-state index contributed by atoms with van der Waals surface area (Å²) in [6.45, 7) is 2.96. The lowest BCUT2D eigenvalue weighted by atomic mass is 10.1. The Hall–Kier alpha value is -1.88. The summed E-state index contributed by atoms with van der Waals surface area (Å²) in [5, 5.41) is 3.60. The van der Waals surface area contributed by atoms with Crippen LogP contribution in [0.1, 0.15) is 18.5 Å². The molecule has 2 N–H and O–H groups in total. The number of nitrogens with one attached hydrogen (secondary N) is 2. The summed E-state index contributed by atoms with van der Waals surface area (Å²) >= 11 is 0. The third-order valence-electron chi connectivity index (χ3n) is 3.57. The largest absolute Gasteiger partial charge is 0.364 e. The maximum Gasteiger partial charge on any atom is 0.225 e. The molecule has 5 nitrogen and oxygen atoms in total. The lowest BCUT2D eigenvalue weighted by Crippen LogP contribution is -2.42. The Morgan fingerprint density at radius 2 is 2.00 bits per heavy atom. The highest BCUT2D eigenvalue weighted by Gasteiger charge is 2.20. The van der Waals surface area contributed by atoms with Crippen molar-refractivity contribution in [3.63, 3.8) is 0 Å². The van der Waals surface area contributed by atoms with Gasteiger partial charge < -0.3 is 15.2 Å². The van der Waals surface area contributed by atoms with Crippen molar-refractivity contribution in [2.45, 2.75) is 25.4 Å². The molecule has 0 unspecified atom stereocenters. The number of nitrogens with zero attached hydrogens (tertiary/aromatic N) is 3. The van der Waals surface area contributed by atoms with E-state index in [1.54, 1.807) is 12.4 Å². The standard InChI is InChI=1S/C14H19N5/c1-3-13(15-6-1)11-18-12-4-9-19(10-5-12)14-16-7-2-8-17-14/h1-3,6-8,12,15,18H,4-5,9-11H2. The number of piperidine rings is 1. The van der Waals surface area contributed by atoms with E-state index < -0.39 is 0 Å². The molecule has 0 amide bonds. The van der Waals surface area contributed by atoms with Gasteiger partial charge in [-0.3, -0.25) is 0 Å². The van der Waals surface area contributed by atoms with Gasteiger partial charge in [0.05, 0.1) is 0 Å². The Morgan fingerprint density at radius 3 is 2.68 bits per heavy atom. The number of H-pyrrole nitrogens is 1. The van der Waals surface area contributed by atoms with Crippen LogP contribution in [0.25, 0.3) is 0 Å². The lowest BCUT2D eigenvalue weighted by Gasteiger charge is -2.32. The second-order valence-electron chi connectivity index (χ2n) is 4.89. The van der Waals surface area contributed by atoms with Gasteiger partial charge in [-0.25, -0.2) is 9.97 Å². The zero-order valence-corrected chi connectivity index (χ0v) is 10.9. The van der Waals surface area contributed by atoms with Gasteiger partial charge in [0.25, 0.3) is 0 Å². The van der Waals surface area contributed by atoms with Crippen LogP contribution in [-0.2, 0) is 6.54 Å². The number of hydrogen-bond acceptors (Lipinski definition) is 4. The first-order chi connectivity index (χ1) is 9.42. The molecule has 0 saturated carbocycles. The van der Waals surface area contributed by atoms with Crippen LogP contribution >= 0.6 is 0 Å². The Balaban J connectivity index is 1.47. The molecule has 3 rings (SSSR count). The van der Waals surface area contributed by atoms with Gasteiger partial charge in [-0.1, -0.05) is 0 Å². The summed E-state index contributed by atoms with van der Waals surface area (Å²) in [5.74, 6) is 0.852. The first-order valence-corrected chi connectivity index (χ1v) is 6.79. The van der Waals surface area contributed by atoms with Gasteiger partial charge in [0.1, 0.15) is 0 Å². The van der Waals surface area contributed by atoms with Crippen molar-refractivity contribution >= 4 is 5.95 Å². The molecule has 1 saturated heterocycles. The maximum absolute atomic E-state index is 4.30. The number of anilines is 1. The summed E-state index contributed by atoms with van der Waals surface area (Å²) in [7, 11) is 0. The number of rotatable bonds is 4. The molecular weight excluding hydrogens is 238 g/mol. The van der Waals surface area contributed by atoms with Gasteiger partial charge in [-0.15, -0.1) is 0 Å². The average molecular weight is 257 g/mol. The van der Waals surface area contributed by atoms with E-state index in [4.69, 9.17) is 0 Å². The third-order valence-corrected chi connectivity index (χ3v) is 3.57. The fourth-order valence-electron chi connectivity index (χ4n) is 2.47. The molecule has 0 aliphatic carbocycles. The van der Waals surface area contributed by atoms with Crippen LogP contribution in [0.3, 0.4) is 0 Å². The van der Waals surface area contributed by atoms with Gasteiger partial charge in [-0.05, 0) is 31.0 Å². The molecule has 1 aliphatic heterocycles. The molecule has 2 aromatic rings. The molecule has 0 radical (unpaired) electrons. The van der Waals surface area contributed by atoms with Crippen molar-refractivity contribution in [2.75, 3.05) is 18.0 Å². The zero-order chi connectivity index (χ0) is 12.9. The number of aromatic amines is 1. The van der Waals surface area contributed by atoms with Crippen LogP contribution in [0.2, 0.25) is 0 Å². The minimum Gasteiger partial charge on any atom is -0.364 e. The van der Waals surface area contributed by atoms with E-state index in [2.05, 4.69) is 31.2 Å². The highest BCUT2D eigenvalue weighted by Crippen LogP contribution is 2.15. The van der Waals surface area contributed by atoms with Crippen LogP contribution in [0.5, 0.6) is 0 Å². The maximum atomic E-state index is 4.30. The number of hydrogen-bond donors (Lipinski definition) is 2. The molecule has 1 aliphatic rings. The second kappa shape index (κ2) is 5.84. The Bertz CT molecular complexity index is 474. The second-order valence-corrected chi connectivity index (χ2v) is 4.89. The molecule has 0 spiro atoms. The van der Waals surface area contributed by atoms with E-state index in [0.29, 0.717) is 6.04 Å². The highest BCUT2D eigenvalue weighted by atomic mass is 15.3. The third kappa shape index (κ3) is 3.12. The molecule has 0 aromatic carbocycles. The van der Waals surface area contributed by atoms with Crippen molar-refractivity contribution < 1.29 is 0 Å². The Morgan fingerprint density at radius 1 is 1.21 bits per heavy atom. The summed E-state index contributed by atoms with van der Waals surface area (Å²) in [6.07, 6.45) is 7.85. The normalized spacial score (nSPS) is 16.7. The van der Waals surface area contributed by atoms with Gasteiger partial charge in [-0.2, -0.15) is 0 Å². The van der Waals surface area contributed by atoms with Crippen LogP contribution in [0, 0.1) is 0 Å². The van der Waals surface area contributed by atoms with Crippen molar-refractivity contribution in [2.24, 2.45) is 0 Å². The van der Waals surface area contributed by atoms with E-state index in [-0.39, 0.29) is 0 Å². The van der Waals surface area contributed by atoms with E-state index >= 15 is 0 Å². The fourth-order valence-corrected chi connectivity index (χ4v) is 2.47. The topological polar surface area (TPSA) is 56.8 Å². The van der Waals surface area contributed by atoms with Gasteiger partial charge in [0.15, 0.2) is 0 Å². The summed E-state index contributed by atoms with van der Waals surface area (Å²) in [4.78, 5) is 14.1. The Labute approximate surface area is 113 Å². The Kier molecular flexibility index (Phi) is 3.74. The minimum absolute atomic E-state index is 0.586. The highest BCUT2D eigenvalue weighted by molar-refractivity contribution is 5.29. The van der Waals surface area contributed by atoms with Gasteiger partial charge in [0, 0.05) is 50.0 Å². The van der Waals surface area contributed by atoms with Crippen LogP contribution in [-0.4, -0.2) is 34.1 Å². The van der Waals surface area contributed by atoms with E-state index in [1.807, 2.05) is 18.3 Å². The molecular formula is C14H19N5. The van der Waals surface area contributed by atoms with E-state index in [0.717, 1.165) is 38.4 Å². The molecule has 0 bridgehead atoms. The van der Waals surface area contributed by atoms with Crippen molar-refractivity contribution in [1.29, 1.82) is 0 Å². The molecule has 100 valence electrons. The van der Waals surface area contributed by atoms with Crippen molar-refractivity contribution in [3.8, 4) is 0 Å². The first-order valence-electron chi connectivity index (χ1n) is 6.79. The first kappa shape index (κ1) is 12.2. The predicted octanol–water partition coefficient (Wildman–Crippen LogP) is 1.56. The fraction of sp³-hybridized carbons (Fsp3) is 0.429. The van der Waals surface area contributed by atoms with E-state index in [1.165, 1.54) is 5.69 Å². The van der Waals surface area contributed by atoms with E-state index in [9.17, 15) is 0 Å². The summed E-state index contributed by atoms with van der Waals surface area (Å²) in [6, 6.07) is 6.59. The van der Waals surface area contributed by atoms with Gasteiger partial charge in [0.2, 0.25) is 5.95 Å². The van der Waals surface area contributed by atoms with Crippen molar-refractivity contribution in [1.82, 2.24) is 20.3 Å². The van der Waals surface area contributed by atoms with Gasteiger partial charge >= 0.3 is 0 Å². The molecule has 3 heterocycles. The molecule has 1 fully saturated rings. The minimum atomic E-state index is 0.586. The molecule has 2 aromatic heterocycles.